The Morgan fingerprint density at radius 3 is 2.78 bits per heavy atom. The van der Waals surface area contributed by atoms with Gasteiger partial charge in [0.05, 0.1) is 18.2 Å². The molecule has 1 heterocycles. The molecule has 0 bridgehead atoms. The van der Waals surface area contributed by atoms with Gasteiger partial charge in [0, 0.05) is 5.38 Å². The Kier molecular flexibility index (Phi) is 4.57. The van der Waals surface area contributed by atoms with Crippen LogP contribution >= 0.6 is 11.3 Å². The van der Waals surface area contributed by atoms with Gasteiger partial charge in [-0.2, -0.15) is 0 Å². The SMILES string of the molecule is O=C(O)c1csc(CNC(=O)c2ccccc2OC2CCC2)n1. The monoisotopic (exact) mass is 332 g/mol. The van der Waals surface area contributed by atoms with E-state index >= 15 is 0 Å². The molecule has 0 spiro atoms. The molecular formula is C16H16N2O4S. The lowest BCUT2D eigenvalue weighted by Crippen LogP contribution is -2.27. The van der Waals surface area contributed by atoms with Crippen molar-refractivity contribution in [2.24, 2.45) is 0 Å². The van der Waals surface area contributed by atoms with Gasteiger partial charge in [0.1, 0.15) is 10.8 Å². The normalized spacial score (nSPS) is 14.1. The van der Waals surface area contributed by atoms with Gasteiger partial charge in [-0.3, -0.25) is 4.79 Å². The highest BCUT2D eigenvalue weighted by molar-refractivity contribution is 7.09. The molecule has 0 radical (unpaired) electrons. The van der Waals surface area contributed by atoms with Crippen LogP contribution in [-0.2, 0) is 6.54 Å². The van der Waals surface area contributed by atoms with Crippen molar-refractivity contribution in [2.75, 3.05) is 0 Å². The number of thiazole rings is 1. The molecule has 0 unspecified atom stereocenters. The maximum Gasteiger partial charge on any atom is 0.355 e. The van der Waals surface area contributed by atoms with Crippen molar-refractivity contribution in [2.45, 2.75) is 31.9 Å². The summed E-state index contributed by atoms with van der Waals surface area (Å²) in [7, 11) is 0. The number of nitrogens with one attached hydrogen (secondary N) is 1. The predicted octanol–water partition coefficient (Wildman–Crippen LogP) is 2.70. The smallest absolute Gasteiger partial charge is 0.355 e. The van der Waals surface area contributed by atoms with Crippen LogP contribution in [-0.4, -0.2) is 28.1 Å². The van der Waals surface area contributed by atoms with E-state index < -0.39 is 5.97 Å². The molecule has 1 aliphatic carbocycles. The Balaban J connectivity index is 1.64. The number of hydrogen-bond acceptors (Lipinski definition) is 5. The van der Waals surface area contributed by atoms with Crippen LogP contribution in [0.5, 0.6) is 5.75 Å². The third-order valence-electron chi connectivity index (χ3n) is 3.65. The third-order valence-corrected chi connectivity index (χ3v) is 4.50. The molecular weight excluding hydrogens is 316 g/mol. The fourth-order valence-corrected chi connectivity index (χ4v) is 2.87. The second kappa shape index (κ2) is 6.78. The largest absolute Gasteiger partial charge is 0.490 e. The molecule has 23 heavy (non-hydrogen) atoms. The van der Waals surface area contributed by atoms with Crippen molar-refractivity contribution < 1.29 is 19.4 Å². The number of carbonyl (C=O) groups is 2. The fraction of sp³-hybridized carbons (Fsp3) is 0.312. The summed E-state index contributed by atoms with van der Waals surface area (Å²) in [6.07, 6.45) is 3.40. The van der Waals surface area contributed by atoms with Gasteiger partial charge in [-0.1, -0.05) is 12.1 Å². The van der Waals surface area contributed by atoms with E-state index in [1.807, 2.05) is 6.07 Å². The Bertz CT molecular complexity index is 724. The van der Waals surface area contributed by atoms with E-state index in [2.05, 4.69) is 10.3 Å². The number of carboxylic acid groups (broad SMARTS) is 1. The molecule has 2 aromatic rings. The number of carboxylic acids is 1. The van der Waals surface area contributed by atoms with Gasteiger partial charge in [0.2, 0.25) is 0 Å². The van der Waals surface area contributed by atoms with E-state index in [4.69, 9.17) is 9.84 Å². The summed E-state index contributed by atoms with van der Waals surface area (Å²) in [6, 6.07) is 7.13. The number of benzene rings is 1. The Morgan fingerprint density at radius 2 is 2.13 bits per heavy atom. The van der Waals surface area contributed by atoms with Crippen LogP contribution in [0.1, 0.15) is 45.1 Å². The number of aromatic carboxylic acids is 1. The van der Waals surface area contributed by atoms with Gasteiger partial charge >= 0.3 is 5.97 Å². The van der Waals surface area contributed by atoms with Crippen molar-refractivity contribution in [3.05, 3.63) is 45.9 Å². The molecule has 1 saturated carbocycles. The van der Waals surface area contributed by atoms with Gasteiger partial charge in [-0.15, -0.1) is 11.3 Å². The second-order valence-electron chi connectivity index (χ2n) is 5.28. The molecule has 7 heteroatoms. The van der Waals surface area contributed by atoms with Crippen LogP contribution in [0.2, 0.25) is 0 Å². The molecule has 2 N–H and O–H groups in total. The minimum atomic E-state index is -1.07. The summed E-state index contributed by atoms with van der Waals surface area (Å²) in [5, 5.41) is 13.6. The Morgan fingerprint density at radius 1 is 1.35 bits per heavy atom. The minimum absolute atomic E-state index is 0.00651. The fourth-order valence-electron chi connectivity index (χ4n) is 2.17. The lowest BCUT2D eigenvalue weighted by molar-refractivity contribution is 0.0691. The number of hydrogen-bond donors (Lipinski definition) is 2. The lowest BCUT2D eigenvalue weighted by atomic mass is 9.96. The van der Waals surface area contributed by atoms with Gasteiger partial charge in [0.15, 0.2) is 5.69 Å². The van der Waals surface area contributed by atoms with Crippen LogP contribution in [0.15, 0.2) is 29.6 Å². The molecule has 1 fully saturated rings. The van der Waals surface area contributed by atoms with Gasteiger partial charge in [0.25, 0.3) is 5.91 Å². The predicted molar refractivity (Wildman–Crippen MR) is 85.0 cm³/mol. The summed E-state index contributed by atoms with van der Waals surface area (Å²) >= 11 is 1.20. The van der Waals surface area contributed by atoms with Gasteiger partial charge < -0.3 is 15.2 Å². The minimum Gasteiger partial charge on any atom is -0.490 e. The number of amides is 1. The van der Waals surface area contributed by atoms with Crippen molar-refractivity contribution in [1.82, 2.24) is 10.3 Å². The molecule has 0 atom stereocenters. The highest BCUT2D eigenvalue weighted by Crippen LogP contribution is 2.27. The second-order valence-corrected chi connectivity index (χ2v) is 6.22. The van der Waals surface area contributed by atoms with Crippen LogP contribution in [0.3, 0.4) is 0 Å². The molecule has 3 rings (SSSR count). The summed E-state index contributed by atoms with van der Waals surface area (Å²) in [5.74, 6) is -0.745. The Labute approximate surface area is 137 Å². The average Bonchev–Trinajstić information content (AvgIpc) is 2.98. The zero-order valence-corrected chi connectivity index (χ0v) is 13.1. The zero-order valence-electron chi connectivity index (χ0n) is 12.3. The first kappa shape index (κ1) is 15.5. The molecule has 120 valence electrons. The number of carbonyl (C=O) groups excluding carboxylic acids is 1. The van der Waals surface area contributed by atoms with Crippen LogP contribution < -0.4 is 10.1 Å². The standard InChI is InChI=1S/C16H16N2O4S/c19-15(17-8-14-18-12(9-23-14)16(20)21)11-6-1-2-7-13(11)22-10-4-3-5-10/h1-2,6-7,9-10H,3-5,8H2,(H,17,19)(H,20,21). The Hall–Kier alpha value is -2.41. The number of aromatic nitrogens is 1. The van der Waals surface area contributed by atoms with Crippen molar-refractivity contribution >= 4 is 23.2 Å². The molecule has 1 aromatic carbocycles. The van der Waals surface area contributed by atoms with E-state index in [1.165, 1.54) is 16.7 Å². The van der Waals surface area contributed by atoms with E-state index in [1.54, 1.807) is 18.2 Å². The summed E-state index contributed by atoms with van der Waals surface area (Å²) in [4.78, 5) is 27.1. The molecule has 1 aromatic heterocycles. The molecule has 1 amide bonds. The van der Waals surface area contributed by atoms with E-state index in [0.29, 0.717) is 16.3 Å². The van der Waals surface area contributed by atoms with E-state index in [0.717, 1.165) is 19.3 Å². The van der Waals surface area contributed by atoms with E-state index in [9.17, 15) is 9.59 Å². The maximum absolute atomic E-state index is 12.3. The lowest BCUT2D eigenvalue weighted by Gasteiger charge is -2.27. The first-order valence-corrected chi connectivity index (χ1v) is 8.23. The first-order chi connectivity index (χ1) is 11.1. The van der Waals surface area contributed by atoms with Gasteiger partial charge in [-0.05, 0) is 31.4 Å². The van der Waals surface area contributed by atoms with E-state index in [-0.39, 0.29) is 24.2 Å². The topological polar surface area (TPSA) is 88.5 Å². The van der Waals surface area contributed by atoms with Crippen LogP contribution in [0, 0.1) is 0 Å². The summed E-state index contributed by atoms with van der Waals surface area (Å²) < 4.78 is 5.84. The molecule has 6 nitrogen and oxygen atoms in total. The third kappa shape index (κ3) is 3.68. The van der Waals surface area contributed by atoms with Crippen molar-refractivity contribution in [1.29, 1.82) is 0 Å². The number of ether oxygens (including phenoxy) is 1. The molecule has 0 aliphatic heterocycles. The number of rotatable bonds is 6. The quantitative estimate of drug-likeness (QED) is 0.849. The van der Waals surface area contributed by atoms with Crippen LogP contribution in [0.25, 0.3) is 0 Å². The van der Waals surface area contributed by atoms with Crippen molar-refractivity contribution in [3.8, 4) is 5.75 Å². The number of para-hydroxylation sites is 1. The molecule has 0 saturated heterocycles. The highest BCUT2D eigenvalue weighted by Gasteiger charge is 2.22. The summed E-state index contributed by atoms with van der Waals surface area (Å²) in [5.41, 5.74) is 0.474. The summed E-state index contributed by atoms with van der Waals surface area (Å²) in [6.45, 7) is 0.189. The van der Waals surface area contributed by atoms with Crippen LogP contribution in [0.4, 0.5) is 0 Å². The van der Waals surface area contributed by atoms with Crippen molar-refractivity contribution in [3.63, 3.8) is 0 Å². The first-order valence-electron chi connectivity index (χ1n) is 7.35. The molecule has 1 aliphatic rings. The number of nitrogens with zero attached hydrogens (tertiary/aromatic N) is 1. The zero-order chi connectivity index (χ0) is 16.2. The van der Waals surface area contributed by atoms with Gasteiger partial charge in [-0.25, -0.2) is 9.78 Å². The maximum atomic E-state index is 12.3. The highest BCUT2D eigenvalue weighted by atomic mass is 32.1. The average molecular weight is 332 g/mol.